The summed E-state index contributed by atoms with van der Waals surface area (Å²) >= 11 is 0. The van der Waals surface area contributed by atoms with Crippen LogP contribution in [-0.4, -0.2) is 91.8 Å². The molecular weight excluding hydrogens is 638 g/mol. The van der Waals surface area contributed by atoms with Gasteiger partial charge in [0.05, 0.1) is 25.4 Å². The summed E-state index contributed by atoms with van der Waals surface area (Å²) in [6.45, 7) is 2.61. The van der Waals surface area contributed by atoms with Crippen LogP contribution in [0.4, 0.5) is 5.95 Å². The molecule has 1 aromatic carbocycles. The van der Waals surface area contributed by atoms with Crippen molar-refractivity contribution < 1.29 is 49.0 Å². The number of hydrogen-bond acceptors (Lipinski definition) is 14. The molecule has 0 aliphatic carbocycles. The number of fused-ring (bicyclic) bond motifs is 1. The second kappa shape index (κ2) is 13.3. The van der Waals surface area contributed by atoms with E-state index < -0.39 is 80.8 Å². The Labute approximate surface area is 258 Å². The third-order valence-electron chi connectivity index (χ3n) is 6.53. The number of ether oxygens (including phenoxy) is 3. The van der Waals surface area contributed by atoms with Gasteiger partial charge in [-0.1, -0.05) is 44.2 Å². The number of nitrogens with one attached hydrogen (secondary N) is 2. The number of nitrogens with zero attached hydrogens (tertiary/aromatic N) is 3. The van der Waals surface area contributed by atoms with Gasteiger partial charge >= 0.3 is 5.97 Å². The van der Waals surface area contributed by atoms with Crippen LogP contribution in [0.1, 0.15) is 32.6 Å². The zero-order chi connectivity index (χ0) is 33.2. The lowest BCUT2D eigenvalue weighted by molar-refractivity contribution is -0.159. The van der Waals surface area contributed by atoms with E-state index in [1.54, 1.807) is 44.2 Å². The molecule has 3 atom stereocenters. The summed E-state index contributed by atoms with van der Waals surface area (Å²) in [5.41, 5.74) is -2.40. The fraction of sp³-hybridized carbons (Fsp3) is 0.500. The zero-order valence-electron chi connectivity index (χ0n) is 25.0. The van der Waals surface area contributed by atoms with Crippen molar-refractivity contribution in [3.63, 3.8) is 0 Å². The molecule has 1 aliphatic rings. The molecule has 3 heterocycles. The summed E-state index contributed by atoms with van der Waals surface area (Å²) in [7, 11) is -8.27. The topological polar surface area (TPSA) is 224 Å². The van der Waals surface area contributed by atoms with Crippen LogP contribution in [0.2, 0.25) is 0 Å². The van der Waals surface area contributed by atoms with E-state index in [0.29, 0.717) is 5.56 Å². The normalized spacial score (nSPS) is 20.0. The van der Waals surface area contributed by atoms with Crippen LogP contribution in [0.3, 0.4) is 0 Å². The monoisotopic (exact) mass is 671 g/mol. The molecule has 2 aromatic heterocycles. The zero-order valence-corrected chi connectivity index (χ0v) is 26.6. The SMILES string of the molecule is CC(=O)O[C@H]1[C@@H](n2cnc3c(=O)[nH]c(NC(=O)C(C)C)nc32)OC(COS(C)(=O)=O)(COS(C)(=O)=O)[C@H]1OCc1ccccc1. The lowest BCUT2D eigenvalue weighted by Gasteiger charge is -2.33. The Kier molecular flexibility index (Phi) is 10.1. The van der Waals surface area contributed by atoms with Crippen LogP contribution in [0, 0.1) is 5.92 Å². The lowest BCUT2D eigenvalue weighted by Crippen LogP contribution is -2.53. The molecule has 4 rings (SSSR count). The van der Waals surface area contributed by atoms with Crippen LogP contribution in [0.15, 0.2) is 41.5 Å². The average Bonchev–Trinajstić information content (AvgIpc) is 3.48. The molecule has 45 heavy (non-hydrogen) atoms. The van der Waals surface area contributed by atoms with Gasteiger partial charge in [0.1, 0.15) is 19.3 Å². The number of hydrogen-bond donors (Lipinski definition) is 2. The van der Waals surface area contributed by atoms with E-state index in [9.17, 15) is 31.2 Å². The second-order valence-electron chi connectivity index (χ2n) is 10.7. The minimum atomic E-state index is -4.14. The van der Waals surface area contributed by atoms with Gasteiger partial charge in [0.2, 0.25) is 11.9 Å². The Hall–Kier alpha value is -3.75. The molecule has 2 N–H and O–H groups in total. The standard InChI is InChI=1S/C26H33N5O12S2/c1-15(2)22(33)29-25-28-21-18(23(34)30-25)27-14-31(21)24-19(42-16(3)32)20(39-11-17-9-7-6-8-10-17)26(43-24,12-40-44(4,35)36)13-41-45(5,37)38/h6-10,14-15,19-20,24H,11-13H2,1-5H3,(H2,28,29,30,33,34)/t19-,20+,24+/m1/s1. The van der Waals surface area contributed by atoms with Crippen LogP contribution < -0.4 is 10.9 Å². The van der Waals surface area contributed by atoms with Crippen molar-refractivity contribution in [3.8, 4) is 0 Å². The predicted molar refractivity (Wildman–Crippen MR) is 157 cm³/mol. The Balaban J connectivity index is 1.88. The first-order chi connectivity index (χ1) is 21.0. The first kappa shape index (κ1) is 34.1. The van der Waals surface area contributed by atoms with Gasteiger partial charge in [-0.2, -0.15) is 21.8 Å². The van der Waals surface area contributed by atoms with E-state index in [2.05, 4.69) is 20.3 Å². The largest absolute Gasteiger partial charge is 0.455 e. The predicted octanol–water partition coefficient (Wildman–Crippen LogP) is 0.451. The number of esters is 1. The van der Waals surface area contributed by atoms with Gasteiger partial charge in [-0.25, -0.2) is 4.98 Å². The van der Waals surface area contributed by atoms with E-state index >= 15 is 0 Å². The quantitative estimate of drug-likeness (QED) is 0.186. The maximum Gasteiger partial charge on any atom is 0.303 e. The highest BCUT2D eigenvalue weighted by Crippen LogP contribution is 2.43. The number of rotatable bonds is 13. The number of aromatic amines is 1. The third kappa shape index (κ3) is 8.50. The molecule has 0 spiro atoms. The first-order valence-electron chi connectivity index (χ1n) is 13.4. The highest BCUT2D eigenvalue weighted by atomic mass is 32.2. The number of benzene rings is 1. The van der Waals surface area contributed by atoms with Crippen molar-refractivity contribution in [2.75, 3.05) is 31.0 Å². The maximum atomic E-state index is 12.9. The molecule has 17 nitrogen and oxygen atoms in total. The number of aromatic nitrogens is 4. The molecular formula is C26H33N5O12S2. The number of imidazole rings is 1. The minimum absolute atomic E-state index is 0.118. The van der Waals surface area contributed by atoms with E-state index in [0.717, 1.165) is 25.8 Å². The van der Waals surface area contributed by atoms with Crippen LogP contribution in [0.25, 0.3) is 11.2 Å². The highest BCUT2D eigenvalue weighted by Gasteiger charge is 2.60. The fourth-order valence-corrected chi connectivity index (χ4v) is 5.30. The van der Waals surface area contributed by atoms with Gasteiger partial charge in [-0.3, -0.25) is 37.6 Å². The van der Waals surface area contributed by atoms with E-state index in [-0.39, 0.29) is 23.7 Å². The summed E-state index contributed by atoms with van der Waals surface area (Å²) in [4.78, 5) is 48.4. The Bertz CT molecular complexity index is 1790. The molecule has 0 unspecified atom stereocenters. The van der Waals surface area contributed by atoms with Crippen molar-refractivity contribution in [2.24, 2.45) is 5.92 Å². The Morgan fingerprint density at radius 2 is 1.71 bits per heavy atom. The molecule has 246 valence electrons. The van der Waals surface area contributed by atoms with Crippen LogP contribution in [-0.2, 0) is 59.0 Å². The lowest BCUT2D eigenvalue weighted by atomic mass is 9.96. The third-order valence-corrected chi connectivity index (χ3v) is 7.63. The van der Waals surface area contributed by atoms with Crippen molar-refractivity contribution in [2.45, 2.75) is 51.4 Å². The van der Waals surface area contributed by atoms with Gasteiger partial charge in [0, 0.05) is 12.8 Å². The van der Waals surface area contributed by atoms with Gasteiger partial charge in [0.25, 0.3) is 25.8 Å². The fourth-order valence-electron chi connectivity index (χ4n) is 4.48. The van der Waals surface area contributed by atoms with E-state index in [1.165, 1.54) is 4.57 Å². The van der Waals surface area contributed by atoms with Crippen LogP contribution >= 0.6 is 0 Å². The van der Waals surface area contributed by atoms with Crippen molar-refractivity contribution >= 4 is 49.2 Å². The van der Waals surface area contributed by atoms with Crippen molar-refractivity contribution in [1.29, 1.82) is 0 Å². The molecule has 1 amide bonds. The molecule has 0 saturated carbocycles. The summed E-state index contributed by atoms with van der Waals surface area (Å²) < 4.78 is 78.0. The summed E-state index contributed by atoms with van der Waals surface area (Å²) in [5.74, 6) is -1.90. The molecule has 19 heteroatoms. The maximum absolute atomic E-state index is 12.9. The second-order valence-corrected chi connectivity index (χ2v) is 14.0. The number of anilines is 1. The summed E-state index contributed by atoms with van der Waals surface area (Å²) in [6.07, 6.45) is -1.59. The van der Waals surface area contributed by atoms with Gasteiger partial charge < -0.3 is 14.2 Å². The summed E-state index contributed by atoms with van der Waals surface area (Å²) in [6, 6.07) is 8.75. The van der Waals surface area contributed by atoms with Crippen LogP contribution in [0.5, 0.6) is 0 Å². The number of amides is 1. The molecule has 1 fully saturated rings. The minimum Gasteiger partial charge on any atom is -0.455 e. The number of H-pyrrole nitrogens is 1. The average molecular weight is 672 g/mol. The van der Waals surface area contributed by atoms with E-state index in [4.69, 9.17) is 22.6 Å². The van der Waals surface area contributed by atoms with Gasteiger partial charge in [-0.15, -0.1) is 0 Å². The Morgan fingerprint density at radius 1 is 1.09 bits per heavy atom. The first-order valence-corrected chi connectivity index (χ1v) is 17.1. The van der Waals surface area contributed by atoms with Gasteiger partial charge in [0.15, 0.2) is 29.1 Å². The molecule has 0 bridgehead atoms. The molecule has 1 saturated heterocycles. The van der Waals surface area contributed by atoms with Gasteiger partial charge in [-0.05, 0) is 5.56 Å². The van der Waals surface area contributed by atoms with E-state index in [1.807, 2.05) is 0 Å². The van der Waals surface area contributed by atoms with Crippen molar-refractivity contribution in [1.82, 2.24) is 19.5 Å². The smallest absolute Gasteiger partial charge is 0.303 e. The molecule has 1 aliphatic heterocycles. The molecule has 0 radical (unpaired) electrons. The molecule has 3 aromatic rings. The van der Waals surface area contributed by atoms with Crippen molar-refractivity contribution in [3.05, 3.63) is 52.6 Å². The number of carbonyl (C=O) groups is 2. The Morgan fingerprint density at radius 3 is 2.27 bits per heavy atom. The summed E-state index contributed by atoms with van der Waals surface area (Å²) in [5, 5.41) is 2.49. The highest BCUT2D eigenvalue weighted by molar-refractivity contribution is 7.86. The number of carbonyl (C=O) groups excluding carboxylic acids is 2.